The van der Waals surface area contributed by atoms with Crippen LogP contribution in [0.25, 0.3) is 0 Å². The minimum absolute atomic E-state index is 0.0157. The van der Waals surface area contributed by atoms with Crippen molar-refractivity contribution in [3.8, 4) is 0 Å². The minimum Gasteiger partial charge on any atom is -0.320 e. The number of nitro benzene ring substituents is 1. The summed E-state index contributed by atoms with van der Waals surface area (Å²) in [4.78, 5) is 22.7. The molecule has 8 nitrogen and oxygen atoms in total. The molecule has 3 aromatic rings. The zero-order valence-corrected chi connectivity index (χ0v) is 15.3. The van der Waals surface area contributed by atoms with E-state index >= 15 is 0 Å². The van der Waals surface area contributed by atoms with Crippen molar-refractivity contribution in [3.05, 3.63) is 76.6 Å². The number of benzene rings is 2. The molecule has 1 unspecified atom stereocenters. The van der Waals surface area contributed by atoms with Crippen molar-refractivity contribution >= 4 is 29.0 Å². The Morgan fingerprint density at radius 1 is 1.22 bits per heavy atom. The zero-order valence-electron chi connectivity index (χ0n) is 14.5. The van der Waals surface area contributed by atoms with Crippen molar-refractivity contribution < 1.29 is 9.72 Å². The summed E-state index contributed by atoms with van der Waals surface area (Å²) in [6.07, 6.45) is 1.62. The molecule has 27 heavy (non-hydrogen) atoms. The highest BCUT2D eigenvalue weighted by Crippen LogP contribution is 2.26. The third-order valence-electron chi connectivity index (χ3n) is 3.95. The summed E-state index contributed by atoms with van der Waals surface area (Å²) in [5.74, 6) is -0.289. The lowest BCUT2D eigenvalue weighted by Crippen LogP contribution is -2.16. The summed E-state index contributed by atoms with van der Waals surface area (Å²) in [6.45, 7) is 2.02. The fraction of sp³-hybridized carbons (Fsp3) is 0.167. The van der Waals surface area contributed by atoms with Gasteiger partial charge in [0.25, 0.3) is 5.69 Å². The predicted octanol–water partition coefficient (Wildman–Crippen LogP) is 3.53. The zero-order chi connectivity index (χ0) is 19.2. The molecule has 0 aliphatic carbocycles. The number of hydrogen-bond donors (Lipinski definition) is 1. The Morgan fingerprint density at radius 2 is 1.93 bits per heavy atom. The number of amides is 1. The van der Waals surface area contributed by atoms with Crippen LogP contribution in [0.2, 0.25) is 0 Å². The van der Waals surface area contributed by atoms with Crippen LogP contribution >= 0.6 is 11.8 Å². The molecule has 0 spiro atoms. The highest BCUT2D eigenvalue weighted by atomic mass is 32.2. The van der Waals surface area contributed by atoms with Gasteiger partial charge in [-0.25, -0.2) is 0 Å². The molecule has 0 aliphatic heterocycles. The highest BCUT2D eigenvalue weighted by molar-refractivity contribution is 7.99. The molecule has 0 radical (unpaired) electrons. The van der Waals surface area contributed by atoms with Crippen molar-refractivity contribution in [1.29, 1.82) is 0 Å². The number of aromatic nitrogens is 3. The molecule has 0 fully saturated rings. The van der Waals surface area contributed by atoms with Gasteiger partial charge in [-0.3, -0.25) is 14.9 Å². The molecule has 0 saturated heterocycles. The molecule has 1 aromatic heterocycles. The molecule has 0 saturated carbocycles. The molecule has 138 valence electrons. The largest absolute Gasteiger partial charge is 0.320 e. The SMILES string of the molecule is CC(c1ccccc1)n1cnnc1SCC(=O)Nc1ccccc1[N+](=O)[O-]. The first kappa shape index (κ1) is 18.6. The normalized spacial score (nSPS) is 11.7. The van der Waals surface area contributed by atoms with Crippen LogP contribution in [0.4, 0.5) is 11.4 Å². The summed E-state index contributed by atoms with van der Waals surface area (Å²) < 4.78 is 1.89. The van der Waals surface area contributed by atoms with Crippen molar-refractivity contribution in [1.82, 2.24) is 14.8 Å². The number of thioether (sulfide) groups is 1. The van der Waals surface area contributed by atoms with E-state index in [1.807, 2.05) is 41.8 Å². The molecule has 0 aliphatic rings. The summed E-state index contributed by atoms with van der Waals surface area (Å²) in [5.41, 5.74) is 1.13. The first-order valence-corrected chi connectivity index (χ1v) is 9.15. The molecule has 1 atom stereocenters. The van der Waals surface area contributed by atoms with E-state index in [0.29, 0.717) is 5.16 Å². The van der Waals surface area contributed by atoms with E-state index in [-0.39, 0.29) is 29.1 Å². The monoisotopic (exact) mass is 383 g/mol. The Bertz CT molecular complexity index is 945. The Hall–Kier alpha value is -3.20. The van der Waals surface area contributed by atoms with Gasteiger partial charge in [-0.2, -0.15) is 0 Å². The third kappa shape index (κ3) is 4.50. The molecular weight excluding hydrogens is 366 g/mol. The Labute approximate surface area is 159 Å². The van der Waals surface area contributed by atoms with Crippen LogP contribution in [0.5, 0.6) is 0 Å². The molecule has 1 heterocycles. The average Bonchev–Trinajstić information content (AvgIpc) is 3.15. The summed E-state index contributed by atoms with van der Waals surface area (Å²) in [6, 6.07) is 16.0. The molecule has 2 aromatic carbocycles. The van der Waals surface area contributed by atoms with Gasteiger partial charge in [-0.15, -0.1) is 10.2 Å². The lowest BCUT2D eigenvalue weighted by atomic mass is 10.1. The van der Waals surface area contributed by atoms with Gasteiger partial charge in [-0.1, -0.05) is 54.2 Å². The summed E-state index contributed by atoms with van der Waals surface area (Å²) in [7, 11) is 0. The topological polar surface area (TPSA) is 103 Å². The van der Waals surface area contributed by atoms with Crippen LogP contribution < -0.4 is 5.32 Å². The third-order valence-corrected chi connectivity index (χ3v) is 4.90. The molecular formula is C18H17N5O3S. The number of anilines is 1. The van der Waals surface area contributed by atoms with E-state index in [1.165, 1.54) is 23.9 Å². The van der Waals surface area contributed by atoms with Crippen molar-refractivity contribution in [3.63, 3.8) is 0 Å². The maximum atomic E-state index is 12.2. The molecule has 9 heteroatoms. The first-order valence-electron chi connectivity index (χ1n) is 8.17. The van der Waals surface area contributed by atoms with E-state index in [9.17, 15) is 14.9 Å². The number of hydrogen-bond acceptors (Lipinski definition) is 6. The molecule has 1 amide bonds. The fourth-order valence-electron chi connectivity index (χ4n) is 2.55. The van der Waals surface area contributed by atoms with Gasteiger partial charge in [0.2, 0.25) is 5.91 Å². The number of nitro groups is 1. The molecule has 0 bridgehead atoms. The second-order valence-electron chi connectivity index (χ2n) is 5.72. The van der Waals surface area contributed by atoms with Gasteiger partial charge < -0.3 is 9.88 Å². The number of nitrogens with one attached hydrogen (secondary N) is 1. The summed E-state index contributed by atoms with van der Waals surface area (Å²) >= 11 is 1.23. The van der Waals surface area contributed by atoms with E-state index in [1.54, 1.807) is 18.5 Å². The van der Waals surface area contributed by atoms with E-state index in [0.717, 1.165) is 5.56 Å². The van der Waals surface area contributed by atoms with Crippen LogP contribution in [0.3, 0.4) is 0 Å². The fourth-order valence-corrected chi connectivity index (χ4v) is 3.34. The van der Waals surface area contributed by atoms with Gasteiger partial charge in [0, 0.05) is 6.07 Å². The molecule has 1 N–H and O–H groups in total. The maximum Gasteiger partial charge on any atom is 0.292 e. The van der Waals surface area contributed by atoms with E-state index < -0.39 is 4.92 Å². The Morgan fingerprint density at radius 3 is 2.67 bits per heavy atom. The van der Waals surface area contributed by atoms with Gasteiger partial charge in [0.1, 0.15) is 12.0 Å². The number of rotatable bonds is 7. The average molecular weight is 383 g/mol. The second kappa shape index (κ2) is 8.45. The second-order valence-corrected chi connectivity index (χ2v) is 6.66. The predicted molar refractivity (Wildman–Crippen MR) is 103 cm³/mol. The van der Waals surface area contributed by atoms with Gasteiger partial charge in [0.15, 0.2) is 5.16 Å². The quantitative estimate of drug-likeness (QED) is 0.380. The van der Waals surface area contributed by atoms with Crippen LogP contribution in [0.1, 0.15) is 18.5 Å². The number of carbonyl (C=O) groups is 1. The standard InChI is InChI=1S/C18H17N5O3S/c1-13(14-7-3-2-4-8-14)22-12-19-21-18(22)27-11-17(24)20-15-9-5-6-10-16(15)23(25)26/h2-10,12-13H,11H2,1H3,(H,20,24). The smallest absolute Gasteiger partial charge is 0.292 e. The van der Waals surface area contributed by atoms with Gasteiger partial charge in [-0.05, 0) is 18.6 Å². The van der Waals surface area contributed by atoms with Gasteiger partial charge in [0.05, 0.1) is 16.7 Å². The van der Waals surface area contributed by atoms with Crippen molar-refractivity contribution in [2.75, 3.05) is 11.1 Å². The van der Waals surface area contributed by atoms with E-state index in [4.69, 9.17) is 0 Å². The molecule has 3 rings (SSSR count). The van der Waals surface area contributed by atoms with Crippen molar-refractivity contribution in [2.45, 2.75) is 18.1 Å². The van der Waals surface area contributed by atoms with Crippen LogP contribution in [0.15, 0.2) is 66.1 Å². The van der Waals surface area contributed by atoms with Gasteiger partial charge >= 0.3 is 0 Å². The number of nitrogens with zero attached hydrogens (tertiary/aromatic N) is 4. The lowest BCUT2D eigenvalue weighted by Gasteiger charge is -2.15. The van der Waals surface area contributed by atoms with Crippen LogP contribution in [0, 0.1) is 10.1 Å². The number of carbonyl (C=O) groups excluding carboxylic acids is 1. The van der Waals surface area contributed by atoms with Crippen LogP contribution in [-0.4, -0.2) is 31.3 Å². The van der Waals surface area contributed by atoms with E-state index in [2.05, 4.69) is 15.5 Å². The first-order chi connectivity index (χ1) is 13.1. The summed E-state index contributed by atoms with van der Waals surface area (Å²) in [5, 5.41) is 22.2. The number of para-hydroxylation sites is 2. The minimum atomic E-state index is -0.527. The van der Waals surface area contributed by atoms with Crippen molar-refractivity contribution in [2.24, 2.45) is 0 Å². The Kier molecular flexibility index (Phi) is 5.82. The lowest BCUT2D eigenvalue weighted by molar-refractivity contribution is -0.383. The van der Waals surface area contributed by atoms with Crippen LogP contribution in [-0.2, 0) is 4.79 Å². The maximum absolute atomic E-state index is 12.2. The highest BCUT2D eigenvalue weighted by Gasteiger charge is 2.17. The Balaban J connectivity index is 1.66.